The van der Waals surface area contributed by atoms with Gasteiger partial charge in [0.2, 0.25) is 0 Å². The summed E-state index contributed by atoms with van der Waals surface area (Å²) < 4.78 is 49.0. The van der Waals surface area contributed by atoms with Gasteiger partial charge in [-0.2, -0.15) is 13.2 Å². The molecular weight excluding hydrogens is 339 g/mol. The van der Waals surface area contributed by atoms with Crippen LogP contribution in [-0.4, -0.2) is 31.8 Å². The van der Waals surface area contributed by atoms with E-state index >= 15 is 0 Å². The standard InChI is InChI=1S/C17H20F3NO4/c1-4-11-9-13(15(22)24-3)12-8-10(17(18,19)20)6-7-14(12)21(11)16(23)25-5-2/h6-8,11,13H,4-5,9H2,1-3H3/t11-,13+/m1/s1. The van der Waals surface area contributed by atoms with E-state index < -0.39 is 29.7 Å². The fraction of sp³-hybridized carbons (Fsp3) is 0.529. The van der Waals surface area contributed by atoms with Crippen LogP contribution in [-0.2, 0) is 20.4 Å². The number of alkyl halides is 3. The molecular formula is C17H20F3NO4. The molecule has 0 radical (unpaired) electrons. The second-order valence-corrected chi connectivity index (χ2v) is 5.71. The van der Waals surface area contributed by atoms with E-state index in [9.17, 15) is 22.8 Å². The van der Waals surface area contributed by atoms with Crippen LogP contribution in [0.15, 0.2) is 18.2 Å². The van der Waals surface area contributed by atoms with Crippen LogP contribution in [0, 0.1) is 0 Å². The molecule has 0 fully saturated rings. The van der Waals surface area contributed by atoms with Crippen molar-refractivity contribution >= 4 is 17.7 Å². The lowest BCUT2D eigenvalue weighted by Crippen LogP contribution is -2.46. The number of hydrogen-bond acceptors (Lipinski definition) is 4. The largest absolute Gasteiger partial charge is 0.469 e. The number of halogens is 3. The number of carbonyl (C=O) groups is 2. The summed E-state index contributed by atoms with van der Waals surface area (Å²) in [6.07, 6.45) is -4.49. The van der Waals surface area contributed by atoms with Gasteiger partial charge in [-0.05, 0) is 43.5 Å². The molecule has 0 N–H and O–H groups in total. The summed E-state index contributed by atoms with van der Waals surface area (Å²) in [5.74, 6) is -1.49. The summed E-state index contributed by atoms with van der Waals surface area (Å²) in [6, 6.07) is 2.66. The summed E-state index contributed by atoms with van der Waals surface area (Å²) in [6.45, 7) is 3.62. The van der Waals surface area contributed by atoms with Gasteiger partial charge in [-0.15, -0.1) is 0 Å². The van der Waals surface area contributed by atoms with Crippen molar-refractivity contribution in [2.24, 2.45) is 0 Å². The smallest absolute Gasteiger partial charge is 0.416 e. The second kappa shape index (κ2) is 7.33. The molecule has 2 atom stereocenters. The lowest BCUT2D eigenvalue weighted by molar-refractivity contribution is -0.143. The normalized spacial score (nSPS) is 20.0. The van der Waals surface area contributed by atoms with Gasteiger partial charge in [0.1, 0.15) is 0 Å². The van der Waals surface area contributed by atoms with Crippen LogP contribution in [0.1, 0.15) is 43.7 Å². The molecule has 8 heteroatoms. The van der Waals surface area contributed by atoms with Crippen LogP contribution in [0.5, 0.6) is 0 Å². The van der Waals surface area contributed by atoms with E-state index in [1.54, 1.807) is 6.92 Å². The minimum absolute atomic E-state index is 0.124. The van der Waals surface area contributed by atoms with E-state index in [0.717, 1.165) is 12.1 Å². The van der Waals surface area contributed by atoms with Gasteiger partial charge in [0.15, 0.2) is 0 Å². The van der Waals surface area contributed by atoms with Crippen LogP contribution >= 0.6 is 0 Å². The summed E-state index contributed by atoms with van der Waals surface area (Å²) in [7, 11) is 1.19. The highest BCUT2D eigenvalue weighted by atomic mass is 19.4. The van der Waals surface area contributed by atoms with Crippen molar-refractivity contribution in [3.05, 3.63) is 29.3 Å². The quantitative estimate of drug-likeness (QED) is 0.762. The van der Waals surface area contributed by atoms with E-state index in [-0.39, 0.29) is 30.3 Å². The number of hydrogen-bond donors (Lipinski definition) is 0. The van der Waals surface area contributed by atoms with Crippen molar-refractivity contribution in [1.29, 1.82) is 0 Å². The molecule has 1 aromatic carbocycles. The van der Waals surface area contributed by atoms with Gasteiger partial charge in [0.25, 0.3) is 0 Å². The first-order chi connectivity index (χ1) is 11.7. The third-order valence-electron chi connectivity index (χ3n) is 4.28. The number of rotatable bonds is 3. The number of anilines is 1. The van der Waals surface area contributed by atoms with Crippen molar-refractivity contribution < 1.29 is 32.2 Å². The van der Waals surface area contributed by atoms with Crippen LogP contribution in [0.2, 0.25) is 0 Å². The van der Waals surface area contributed by atoms with Crippen LogP contribution in [0.4, 0.5) is 23.7 Å². The molecule has 1 aromatic rings. The zero-order valence-corrected chi connectivity index (χ0v) is 14.2. The Balaban J connectivity index is 2.61. The maximum absolute atomic E-state index is 13.1. The van der Waals surface area contributed by atoms with E-state index in [1.807, 2.05) is 6.92 Å². The van der Waals surface area contributed by atoms with Crippen molar-refractivity contribution in [3.63, 3.8) is 0 Å². The molecule has 0 spiro atoms. The number of methoxy groups -OCH3 is 1. The SMILES string of the molecule is CCOC(=O)N1c2ccc(C(F)(F)F)cc2[C@@H](C(=O)OC)C[C@H]1CC. The molecule has 0 aliphatic carbocycles. The second-order valence-electron chi connectivity index (χ2n) is 5.71. The highest BCUT2D eigenvalue weighted by Crippen LogP contribution is 2.43. The Morgan fingerprint density at radius 1 is 1.28 bits per heavy atom. The number of ether oxygens (including phenoxy) is 2. The van der Waals surface area contributed by atoms with E-state index in [0.29, 0.717) is 6.42 Å². The van der Waals surface area contributed by atoms with Crippen molar-refractivity contribution in [3.8, 4) is 0 Å². The predicted molar refractivity (Wildman–Crippen MR) is 84.4 cm³/mol. The first-order valence-corrected chi connectivity index (χ1v) is 7.99. The van der Waals surface area contributed by atoms with Crippen molar-refractivity contribution in [1.82, 2.24) is 0 Å². The molecule has 0 saturated heterocycles. The topological polar surface area (TPSA) is 55.8 Å². The summed E-state index contributed by atoms with van der Waals surface area (Å²) in [5, 5.41) is 0. The molecule has 0 saturated carbocycles. The van der Waals surface area contributed by atoms with Gasteiger partial charge in [-0.25, -0.2) is 4.79 Å². The Bertz CT molecular complexity index is 660. The Morgan fingerprint density at radius 3 is 2.48 bits per heavy atom. The third kappa shape index (κ3) is 3.72. The maximum atomic E-state index is 13.1. The summed E-state index contributed by atoms with van der Waals surface area (Å²) >= 11 is 0. The molecule has 5 nitrogen and oxygen atoms in total. The zero-order chi connectivity index (χ0) is 18.8. The Hall–Kier alpha value is -2.25. The number of esters is 1. The van der Waals surface area contributed by atoms with Crippen molar-refractivity contribution in [2.45, 2.75) is 44.8 Å². The molecule has 0 aromatic heterocycles. The number of nitrogens with zero attached hydrogens (tertiary/aromatic N) is 1. The molecule has 25 heavy (non-hydrogen) atoms. The van der Waals surface area contributed by atoms with E-state index in [4.69, 9.17) is 9.47 Å². The average molecular weight is 359 g/mol. The Labute approximate surface area is 143 Å². The lowest BCUT2D eigenvalue weighted by Gasteiger charge is -2.39. The molecule has 138 valence electrons. The minimum Gasteiger partial charge on any atom is -0.469 e. The van der Waals surface area contributed by atoms with E-state index in [2.05, 4.69) is 0 Å². The molecule has 0 bridgehead atoms. The zero-order valence-electron chi connectivity index (χ0n) is 14.2. The van der Waals surface area contributed by atoms with E-state index in [1.165, 1.54) is 18.1 Å². The van der Waals surface area contributed by atoms with Gasteiger partial charge in [0, 0.05) is 6.04 Å². The molecule has 2 rings (SSSR count). The van der Waals surface area contributed by atoms with Crippen LogP contribution in [0.3, 0.4) is 0 Å². The first-order valence-electron chi connectivity index (χ1n) is 7.99. The van der Waals surface area contributed by atoms with Crippen LogP contribution in [0.25, 0.3) is 0 Å². The predicted octanol–water partition coefficient (Wildman–Crippen LogP) is 4.11. The number of carbonyl (C=O) groups excluding carboxylic acids is 2. The van der Waals surface area contributed by atoms with Crippen molar-refractivity contribution in [2.75, 3.05) is 18.6 Å². The maximum Gasteiger partial charge on any atom is 0.416 e. The van der Waals surface area contributed by atoms with Gasteiger partial charge in [-0.3, -0.25) is 9.69 Å². The molecule has 0 unspecified atom stereocenters. The van der Waals surface area contributed by atoms with Gasteiger partial charge in [0.05, 0.1) is 30.9 Å². The highest BCUT2D eigenvalue weighted by molar-refractivity contribution is 5.93. The highest BCUT2D eigenvalue weighted by Gasteiger charge is 2.41. The number of fused-ring (bicyclic) bond motifs is 1. The van der Waals surface area contributed by atoms with Gasteiger partial charge < -0.3 is 9.47 Å². The van der Waals surface area contributed by atoms with Crippen LogP contribution < -0.4 is 4.90 Å². The monoisotopic (exact) mass is 359 g/mol. The summed E-state index contributed by atoms with van der Waals surface area (Å²) in [4.78, 5) is 25.8. The fourth-order valence-electron chi connectivity index (χ4n) is 3.09. The molecule has 1 aliphatic heterocycles. The molecule has 1 aliphatic rings. The number of benzene rings is 1. The molecule has 1 heterocycles. The lowest BCUT2D eigenvalue weighted by atomic mass is 9.84. The molecule has 1 amide bonds. The van der Waals surface area contributed by atoms with Gasteiger partial charge in [-0.1, -0.05) is 6.92 Å². The Kier molecular flexibility index (Phi) is 5.59. The third-order valence-corrected chi connectivity index (χ3v) is 4.28. The Morgan fingerprint density at radius 2 is 1.96 bits per heavy atom. The average Bonchev–Trinajstić information content (AvgIpc) is 2.58. The fourth-order valence-corrected chi connectivity index (χ4v) is 3.09. The van der Waals surface area contributed by atoms with Gasteiger partial charge >= 0.3 is 18.2 Å². The first kappa shape index (κ1) is 19.1. The number of amides is 1. The minimum atomic E-state index is -4.55. The summed E-state index contributed by atoms with van der Waals surface area (Å²) in [5.41, 5.74) is -0.502.